The van der Waals surface area contributed by atoms with Gasteiger partial charge in [0.25, 0.3) is 5.91 Å². The first-order valence-corrected chi connectivity index (χ1v) is 6.69. The number of carbonyl (C=O) groups is 1. The monoisotopic (exact) mass is 269 g/mol. The number of methoxy groups -OCH3 is 1. The summed E-state index contributed by atoms with van der Waals surface area (Å²) in [6.07, 6.45) is 1.72. The molecule has 17 heavy (non-hydrogen) atoms. The van der Waals surface area contributed by atoms with Gasteiger partial charge < -0.3 is 10.1 Å². The lowest BCUT2D eigenvalue weighted by Gasteiger charge is -2.00. The Bertz CT molecular complexity index is 481. The van der Waals surface area contributed by atoms with E-state index in [9.17, 15) is 4.79 Å². The molecule has 0 bridgehead atoms. The van der Waals surface area contributed by atoms with E-state index in [4.69, 9.17) is 4.74 Å². The Morgan fingerprint density at radius 1 is 1.47 bits per heavy atom. The number of aromatic nitrogens is 2. The van der Waals surface area contributed by atoms with Gasteiger partial charge in [-0.15, -0.1) is 22.7 Å². The second kappa shape index (κ2) is 5.85. The van der Waals surface area contributed by atoms with Gasteiger partial charge in [-0.05, 0) is 0 Å². The molecule has 2 rings (SSSR count). The summed E-state index contributed by atoms with van der Waals surface area (Å²) in [6.45, 7) is 0.981. The highest BCUT2D eigenvalue weighted by atomic mass is 32.1. The van der Waals surface area contributed by atoms with Crippen molar-refractivity contribution < 1.29 is 9.53 Å². The van der Waals surface area contributed by atoms with Crippen molar-refractivity contribution in [2.75, 3.05) is 20.3 Å². The van der Waals surface area contributed by atoms with Gasteiger partial charge in [0.05, 0.1) is 6.61 Å². The molecular weight excluding hydrogens is 258 g/mol. The zero-order chi connectivity index (χ0) is 12.1. The minimum Gasteiger partial charge on any atom is -0.383 e. The Hall–Kier alpha value is -1.31. The van der Waals surface area contributed by atoms with E-state index in [1.54, 1.807) is 18.7 Å². The van der Waals surface area contributed by atoms with Gasteiger partial charge in [0, 0.05) is 30.6 Å². The molecule has 0 aromatic carbocycles. The van der Waals surface area contributed by atoms with Gasteiger partial charge in [-0.2, -0.15) is 0 Å². The molecule has 2 aromatic heterocycles. The zero-order valence-corrected chi connectivity index (χ0v) is 10.8. The van der Waals surface area contributed by atoms with Gasteiger partial charge in [-0.1, -0.05) is 0 Å². The molecule has 0 fully saturated rings. The first-order valence-electron chi connectivity index (χ1n) is 4.94. The van der Waals surface area contributed by atoms with E-state index < -0.39 is 0 Å². The number of carbonyl (C=O) groups excluding carboxylic acids is 1. The molecule has 2 heterocycles. The summed E-state index contributed by atoms with van der Waals surface area (Å²) in [5, 5.41) is 7.95. The van der Waals surface area contributed by atoms with Gasteiger partial charge in [-0.3, -0.25) is 4.79 Å². The maximum atomic E-state index is 11.7. The van der Waals surface area contributed by atoms with Crippen LogP contribution >= 0.6 is 22.7 Å². The van der Waals surface area contributed by atoms with E-state index in [0.29, 0.717) is 18.8 Å². The fourth-order valence-electron chi connectivity index (χ4n) is 1.16. The second-order valence-electron chi connectivity index (χ2n) is 3.12. The minimum absolute atomic E-state index is 0.180. The molecule has 0 aliphatic carbocycles. The highest BCUT2D eigenvalue weighted by Crippen LogP contribution is 2.25. The molecule has 0 saturated carbocycles. The molecule has 0 aliphatic rings. The number of hydrogen-bond acceptors (Lipinski definition) is 6. The number of nitrogens with one attached hydrogen (secondary N) is 1. The first kappa shape index (κ1) is 12.2. The summed E-state index contributed by atoms with van der Waals surface area (Å²) < 4.78 is 4.85. The number of hydrogen-bond donors (Lipinski definition) is 1. The smallest absolute Gasteiger partial charge is 0.270 e. The Labute approximate surface area is 106 Å². The Morgan fingerprint density at radius 3 is 3.06 bits per heavy atom. The fourth-order valence-corrected chi connectivity index (χ4v) is 2.66. The van der Waals surface area contributed by atoms with Crippen LogP contribution in [0.5, 0.6) is 0 Å². The van der Waals surface area contributed by atoms with Gasteiger partial charge in [-0.25, -0.2) is 9.97 Å². The van der Waals surface area contributed by atoms with Crippen molar-refractivity contribution >= 4 is 28.6 Å². The summed E-state index contributed by atoms with van der Waals surface area (Å²) in [5.74, 6) is -0.180. The average Bonchev–Trinajstić information content (AvgIpc) is 3.00. The van der Waals surface area contributed by atoms with Crippen LogP contribution in [0.3, 0.4) is 0 Å². The molecule has 90 valence electrons. The van der Waals surface area contributed by atoms with E-state index in [1.165, 1.54) is 22.7 Å². The van der Waals surface area contributed by atoms with Crippen LogP contribution in [0, 0.1) is 0 Å². The van der Waals surface area contributed by atoms with Crippen molar-refractivity contribution in [1.82, 2.24) is 15.3 Å². The van der Waals surface area contributed by atoms with Gasteiger partial charge in [0.1, 0.15) is 5.69 Å². The number of nitrogens with zero attached hydrogens (tertiary/aromatic N) is 2. The van der Waals surface area contributed by atoms with Crippen LogP contribution in [-0.2, 0) is 4.74 Å². The van der Waals surface area contributed by atoms with Crippen molar-refractivity contribution in [3.05, 3.63) is 22.7 Å². The summed E-state index contributed by atoms with van der Waals surface area (Å²) in [5.41, 5.74) is 0.427. The maximum Gasteiger partial charge on any atom is 0.270 e. The van der Waals surface area contributed by atoms with Crippen molar-refractivity contribution in [3.63, 3.8) is 0 Å². The largest absolute Gasteiger partial charge is 0.383 e. The van der Waals surface area contributed by atoms with E-state index in [0.717, 1.165) is 10.0 Å². The summed E-state index contributed by atoms with van der Waals surface area (Å²) in [4.78, 5) is 20.1. The third kappa shape index (κ3) is 3.09. The minimum atomic E-state index is -0.180. The molecule has 0 spiro atoms. The Kier molecular flexibility index (Phi) is 4.18. The summed E-state index contributed by atoms with van der Waals surface area (Å²) in [6, 6.07) is 0. The number of rotatable bonds is 5. The van der Waals surface area contributed by atoms with E-state index >= 15 is 0 Å². The zero-order valence-electron chi connectivity index (χ0n) is 9.17. The molecule has 1 amide bonds. The Balaban J connectivity index is 2.01. The van der Waals surface area contributed by atoms with Gasteiger partial charge in [0.15, 0.2) is 10.0 Å². The van der Waals surface area contributed by atoms with Gasteiger partial charge >= 0.3 is 0 Å². The molecule has 0 atom stereocenters. The third-order valence-corrected chi connectivity index (χ3v) is 3.70. The van der Waals surface area contributed by atoms with E-state index in [2.05, 4.69) is 15.3 Å². The molecule has 0 radical (unpaired) electrons. The van der Waals surface area contributed by atoms with Crippen LogP contribution in [0.1, 0.15) is 10.5 Å². The second-order valence-corrected chi connectivity index (χ2v) is 4.88. The summed E-state index contributed by atoms with van der Waals surface area (Å²) in [7, 11) is 1.59. The molecule has 1 N–H and O–H groups in total. The molecule has 0 saturated heterocycles. The van der Waals surface area contributed by atoms with Crippen molar-refractivity contribution in [3.8, 4) is 10.0 Å². The third-order valence-electron chi connectivity index (χ3n) is 1.94. The quantitative estimate of drug-likeness (QED) is 0.838. The molecule has 0 aliphatic heterocycles. The average molecular weight is 269 g/mol. The number of thiazole rings is 2. The van der Waals surface area contributed by atoms with E-state index in [1.807, 2.05) is 5.38 Å². The Morgan fingerprint density at radius 2 is 2.35 bits per heavy atom. The lowest BCUT2D eigenvalue weighted by atomic mass is 10.4. The highest BCUT2D eigenvalue weighted by molar-refractivity contribution is 7.19. The van der Waals surface area contributed by atoms with Gasteiger partial charge in [0.2, 0.25) is 0 Å². The molecule has 7 heteroatoms. The SMILES string of the molecule is COCCNC(=O)c1csc(-c2nccs2)n1. The van der Waals surface area contributed by atoms with Crippen molar-refractivity contribution in [1.29, 1.82) is 0 Å². The first-order chi connectivity index (χ1) is 8.31. The van der Waals surface area contributed by atoms with Crippen LogP contribution < -0.4 is 5.32 Å². The van der Waals surface area contributed by atoms with Crippen molar-refractivity contribution in [2.24, 2.45) is 0 Å². The lowest BCUT2D eigenvalue weighted by molar-refractivity contribution is 0.0933. The van der Waals surface area contributed by atoms with Crippen LogP contribution in [0.25, 0.3) is 10.0 Å². The molecule has 0 unspecified atom stereocenters. The maximum absolute atomic E-state index is 11.7. The van der Waals surface area contributed by atoms with Crippen LogP contribution in [-0.4, -0.2) is 36.1 Å². The molecule has 5 nitrogen and oxygen atoms in total. The number of amides is 1. The number of ether oxygens (including phenoxy) is 1. The summed E-state index contributed by atoms with van der Waals surface area (Å²) >= 11 is 2.93. The molecular formula is C10H11N3O2S2. The predicted octanol–water partition coefficient (Wildman–Crippen LogP) is 1.64. The predicted molar refractivity (Wildman–Crippen MR) is 67.4 cm³/mol. The van der Waals surface area contributed by atoms with Crippen LogP contribution in [0.2, 0.25) is 0 Å². The van der Waals surface area contributed by atoms with Crippen LogP contribution in [0.4, 0.5) is 0 Å². The normalized spacial score (nSPS) is 10.4. The standard InChI is InChI=1S/C10H11N3O2S2/c1-15-4-2-11-8(14)7-6-17-10(13-7)9-12-3-5-16-9/h3,5-6H,2,4H2,1H3,(H,11,14). The lowest BCUT2D eigenvalue weighted by Crippen LogP contribution is -2.27. The van der Waals surface area contributed by atoms with E-state index in [-0.39, 0.29) is 5.91 Å². The molecule has 2 aromatic rings. The fraction of sp³-hybridized carbons (Fsp3) is 0.300. The van der Waals surface area contributed by atoms with Crippen molar-refractivity contribution in [2.45, 2.75) is 0 Å². The topological polar surface area (TPSA) is 64.1 Å². The highest BCUT2D eigenvalue weighted by Gasteiger charge is 2.12. The van der Waals surface area contributed by atoms with Crippen LogP contribution in [0.15, 0.2) is 17.0 Å².